The quantitative estimate of drug-likeness (QED) is 0.464. The van der Waals surface area contributed by atoms with Crippen LogP contribution in [0.3, 0.4) is 0 Å². The molecule has 2 atom stereocenters. The van der Waals surface area contributed by atoms with Crippen molar-refractivity contribution in [1.29, 1.82) is 0 Å². The number of ether oxygens (including phenoxy) is 3. The van der Waals surface area contributed by atoms with Crippen molar-refractivity contribution in [2.24, 2.45) is 0 Å². The average molecular weight is 484 g/mol. The molecule has 1 saturated heterocycles. The Morgan fingerprint density at radius 2 is 1.66 bits per heavy atom. The summed E-state index contributed by atoms with van der Waals surface area (Å²) in [6.07, 6.45) is 0.234. The lowest BCUT2D eigenvalue weighted by Crippen LogP contribution is -2.53. The third-order valence-corrected chi connectivity index (χ3v) is 5.67. The molecular formula is C26H33N3O6. The molecule has 188 valence electrons. The van der Waals surface area contributed by atoms with E-state index in [-0.39, 0.29) is 25.5 Å². The van der Waals surface area contributed by atoms with Gasteiger partial charge in [0.05, 0.1) is 26.9 Å². The summed E-state index contributed by atoms with van der Waals surface area (Å²) in [5.41, 5.74) is 1.68. The fourth-order valence-electron chi connectivity index (χ4n) is 3.63. The lowest BCUT2D eigenvalue weighted by atomic mass is 10.1. The number of methoxy groups -OCH3 is 1. The molecule has 2 aromatic rings. The molecule has 1 aliphatic heterocycles. The second-order valence-electron chi connectivity index (χ2n) is 8.38. The first-order valence-corrected chi connectivity index (χ1v) is 11.7. The Labute approximate surface area is 205 Å². The normalized spacial score (nSPS) is 15.5. The monoisotopic (exact) mass is 483 g/mol. The summed E-state index contributed by atoms with van der Waals surface area (Å²) < 4.78 is 16.0. The van der Waals surface area contributed by atoms with Crippen LogP contribution in [0, 0.1) is 0 Å². The standard InChI is InChI=1S/C26H33N3O6/c1-19(27-24(30)17-29-12-14-34-15-13-29)25(31)28-23(16-20-8-10-22(33-2)11-9-20)26(32)35-18-21-6-4-3-5-7-21/h3-11,19,23H,12-18H2,1-2H3,(H,27,30)(H,28,31). The Kier molecular flexibility index (Phi) is 10.1. The molecule has 0 saturated carbocycles. The minimum atomic E-state index is -0.918. The maximum absolute atomic E-state index is 12.9. The van der Waals surface area contributed by atoms with Crippen LogP contribution in [0.2, 0.25) is 0 Å². The fraction of sp³-hybridized carbons (Fsp3) is 0.423. The molecule has 0 radical (unpaired) electrons. The summed E-state index contributed by atoms with van der Waals surface area (Å²) in [4.78, 5) is 40.1. The highest BCUT2D eigenvalue weighted by Crippen LogP contribution is 2.14. The SMILES string of the molecule is COc1ccc(CC(NC(=O)C(C)NC(=O)CN2CCOCC2)C(=O)OCc2ccccc2)cc1. The van der Waals surface area contributed by atoms with Crippen molar-refractivity contribution in [3.8, 4) is 5.75 Å². The largest absolute Gasteiger partial charge is 0.497 e. The number of carbonyl (C=O) groups is 3. The highest BCUT2D eigenvalue weighted by atomic mass is 16.5. The fourth-order valence-corrected chi connectivity index (χ4v) is 3.63. The Balaban J connectivity index is 1.60. The van der Waals surface area contributed by atoms with Gasteiger partial charge in [0.25, 0.3) is 0 Å². The Bertz CT molecular complexity index is 961. The molecule has 0 spiro atoms. The van der Waals surface area contributed by atoms with E-state index in [1.165, 1.54) is 0 Å². The van der Waals surface area contributed by atoms with Crippen LogP contribution in [-0.2, 0) is 36.9 Å². The van der Waals surface area contributed by atoms with Gasteiger partial charge in [-0.3, -0.25) is 14.5 Å². The van der Waals surface area contributed by atoms with Crippen LogP contribution in [0.25, 0.3) is 0 Å². The number of morpholine rings is 1. The maximum Gasteiger partial charge on any atom is 0.329 e. The summed E-state index contributed by atoms with van der Waals surface area (Å²) >= 11 is 0. The second kappa shape index (κ2) is 13.5. The molecular weight excluding hydrogens is 450 g/mol. The maximum atomic E-state index is 12.9. The number of benzene rings is 2. The zero-order valence-electron chi connectivity index (χ0n) is 20.2. The van der Waals surface area contributed by atoms with Crippen molar-refractivity contribution in [2.45, 2.75) is 32.0 Å². The molecule has 0 aliphatic carbocycles. The van der Waals surface area contributed by atoms with Gasteiger partial charge < -0.3 is 24.8 Å². The predicted octanol–water partition coefficient (Wildman–Crippen LogP) is 1.30. The number of rotatable bonds is 11. The van der Waals surface area contributed by atoms with Gasteiger partial charge in [-0.15, -0.1) is 0 Å². The highest BCUT2D eigenvalue weighted by Gasteiger charge is 2.26. The van der Waals surface area contributed by atoms with Crippen molar-refractivity contribution < 1.29 is 28.6 Å². The van der Waals surface area contributed by atoms with Crippen LogP contribution in [0.1, 0.15) is 18.1 Å². The van der Waals surface area contributed by atoms with Crippen LogP contribution in [0.4, 0.5) is 0 Å². The number of hydrogen-bond donors (Lipinski definition) is 2. The number of nitrogens with one attached hydrogen (secondary N) is 2. The molecule has 9 heteroatoms. The van der Waals surface area contributed by atoms with Crippen molar-refractivity contribution in [1.82, 2.24) is 15.5 Å². The minimum Gasteiger partial charge on any atom is -0.497 e. The van der Waals surface area contributed by atoms with E-state index in [2.05, 4.69) is 10.6 Å². The summed E-state index contributed by atoms with van der Waals surface area (Å²) in [5.74, 6) is -0.578. The van der Waals surface area contributed by atoms with Gasteiger partial charge in [-0.1, -0.05) is 42.5 Å². The molecule has 1 fully saturated rings. The molecule has 2 N–H and O–H groups in total. The smallest absolute Gasteiger partial charge is 0.329 e. The van der Waals surface area contributed by atoms with Gasteiger partial charge in [-0.05, 0) is 30.2 Å². The molecule has 35 heavy (non-hydrogen) atoms. The van der Waals surface area contributed by atoms with E-state index in [1.807, 2.05) is 47.4 Å². The van der Waals surface area contributed by atoms with E-state index in [9.17, 15) is 14.4 Å². The van der Waals surface area contributed by atoms with Gasteiger partial charge in [-0.25, -0.2) is 4.79 Å². The van der Waals surface area contributed by atoms with Crippen LogP contribution in [-0.4, -0.2) is 74.7 Å². The number of nitrogens with zero attached hydrogens (tertiary/aromatic N) is 1. The zero-order chi connectivity index (χ0) is 25.0. The van der Waals surface area contributed by atoms with Crippen LogP contribution in [0.15, 0.2) is 54.6 Å². The summed E-state index contributed by atoms with van der Waals surface area (Å²) in [7, 11) is 1.58. The van der Waals surface area contributed by atoms with Crippen LogP contribution < -0.4 is 15.4 Å². The van der Waals surface area contributed by atoms with Crippen molar-refractivity contribution in [3.05, 3.63) is 65.7 Å². The number of carbonyl (C=O) groups excluding carboxylic acids is 3. The first kappa shape index (κ1) is 26.2. The third kappa shape index (κ3) is 8.70. The van der Waals surface area contributed by atoms with E-state index in [4.69, 9.17) is 14.2 Å². The molecule has 2 amide bonds. The Morgan fingerprint density at radius 1 is 0.971 bits per heavy atom. The Morgan fingerprint density at radius 3 is 2.31 bits per heavy atom. The highest BCUT2D eigenvalue weighted by molar-refractivity contribution is 5.91. The molecule has 0 bridgehead atoms. The number of amides is 2. The van der Waals surface area contributed by atoms with E-state index in [0.717, 1.165) is 11.1 Å². The lowest BCUT2D eigenvalue weighted by molar-refractivity contribution is -0.149. The molecule has 1 heterocycles. The van der Waals surface area contributed by atoms with E-state index < -0.39 is 24.0 Å². The second-order valence-corrected chi connectivity index (χ2v) is 8.38. The van der Waals surface area contributed by atoms with E-state index >= 15 is 0 Å². The third-order valence-electron chi connectivity index (χ3n) is 5.67. The Hall–Kier alpha value is -3.43. The number of esters is 1. The van der Waals surface area contributed by atoms with Gasteiger partial charge in [0, 0.05) is 19.5 Å². The lowest BCUT2D eigenvalue weighted by Gasteiger charge is -2.26. The van der Waals surface area contributed by atoms with Crippen molar-refractivity contribution in [2.75, 3.05) is 40.0 Å². The molecule has 2 unspecified atom stereocenters. The topological polar surface area (TPSA) is 106 Å². The predicted molar refractivity (Wildman–Crippen MR) is 130 cm³/mol. The molecule has 3 rings (SSSR count). The first-order chi connectivity index (χ1) is 16.9. The number of hydrogen-bond acceptors (Lipinski definition) is 7. The molecule has 9 nitrogen and oxygen atoms in total. The van der Waals surface area contributed by atoms with Gasteiger partial charge in [0.2, 0.25) is 11.8 Å². The van der Waals surface area contributed by atoms with Crippen LogP contribution >= 0.6 is 0 Å². The molecule has 2 aromatic carbocycles. The van der Waals surface area contributed by atoms with Gasteiger partial charge >= 0.3 is 5.97 Å². The summed E-state index contributed by atoms with van der Waals surface area (Å²) in [5, 5.41) is 5.45. The van der Waals surface area contributed by atoms with E-state index in [0.29, 0.717) is 32.1 Å². The van der Waals surface area contributed by atoms with Gasteiger partial charge in [0.1, 0.15) is 24.4 Å². The summed E-state index contributed by atoms with van der Waals surface area (Å²) in [6.45, 7) is 4.39. The van der Waals surface area contributed by atoms with E-state index in [1.54, 1.807) is 26.2 Å². The minimum absolute atomic E-state index is 0.0977. The first-order valence-electron chi connectivity index (χ1n) is 11.7. The summed E-state index contributed by atoms with van der Waals surface area (Å²) in [6, 6.07) is 14.8. The molecule has 0 aromatic heterocycles. The van der Waals surface area contributed by atoms with Crippen LogP contribution in [0.5, 0.6) is 5.75 Å². The van der Waals surface area contributed by atoms with Crippen molar-refractivity contribution in [3.63, 3.8) is 0 Å². The molecule has 1 aliphatic rings. The van der Waals surface area contributed by atoms with Crippen molar-refractivity contribution >= 4 is 17.8 Å². The zero-order valence-corrected chi connectivity index (χ0v) is 20.2. The average Bonchev–Trinajstić information content (AvgIpc) is 2.88. The van der Waals surface area contributed by atoms with Gasteiger partial charge in [-0.2, -0.15) is 0 Å². The van der Waals surface area contributed by atoms with Gasteiger partial charge in [0.15, 0.2) is 0 Å².